The molecule has 0 spiro atoms. The number of aliphatic hydroxyl groups excluding tert-OH is 1. The summed E-state index contributed by atoms with van der Waals surface area (Å²) in [7, 11) is 0. The quantitative estimate of drug-likeness (QED) is 0.774. The number of aliphatic hydroxyl groups is 1. The molecule has 7 nitrogen and oxygen atoms in total. The molecule has 0 saturated carbocycles. The number of rotatable bonds is 3. The van der Waals surface area contributed by atoms with Crippen molar-refractivity contribution in [2.24, 2.45) is 5.92 Å². The molecular formula is C18H19N5O2. The van der Waals surface area contributed by atoms with Crippen LogP contribution in [0.4, 0.5) is 0 Å². The van der Waals surface area contributed by atoms with E-state index in [1.165, 1.54) is 0 Å². The van der Waals surface area contributed by atoms with Gasteiger partial charge in [-0.1, -0.05) is 6.07 Å². The van der Waals surface area contributed by atoms with E-state index < -0.39 is 6.10 Å². The van der Waals surface area contributed by atoms with E-state index in [-0.39, 0.29) is 11.8 Å². The fourth-order valence-corrected chi connectivity index (χ4v) is 3.30. The van der Waals surface area contributed by atoms with Crippen molar-refractivity contribution in [3.8, 4) is 0 Å². The van der Waals surface area contributed by atoms with Crippen LogP contribution < -0.4 is 0 Å². The van der Waals surface area contributed by atoms with Gasteiger partial charge in [-0.05, 0) is 31.0 Å². The third-order valence-electron chi connectivity index (χ3n) is 4.61. The van der Waals surface area contributed by atoms with Crippen molar-refractivity contribution in [2.75, 3.05) is 13.1 Å². The van der Waals surface area contributed by atoms with Gasteiger partial charge in [0.05, 0.1) is 12.3 Å². The minimum Gasteiger partial charge on any atom is -0.391 e. The lowest BCUT2D eigenvalue weighted by Gasteiger charge is -2.15. The molecule has 3 aromatic heterocycles. The van der Waals surface area contributed by atoms with Crippen LogP contribution in [0.25, 0.3) is 5.65 Å². The lowest BCUT2D eigenvalue weighted by Crippen LogP contribution is -2.29. The maximum Gasteiger partial charge on any atom is 0.259 e. The molecule has 7 heteroatoms. The van der Waals surface area contributed by atoms with Crippen molar-refractivity contribution in [1.29, 1.82) is 0 Å². The second-order valence-corrected chi connectivity index (χ2v) is 6.52. The number of carbonyl (C=O) groups excluding carboxylic acids is 1. The number of hydrogen-bond acceptors (Lipinski definition) is 5. The fraction of sp³-hybridized carbons (Fsp3) is 0.333. The number of β-amino-alcohol motifs (C(OH)–C–C–N with tert-alkyl or cyclic N) is 1. The first-order chi connectivity index (χ1) is 12.1. The highest BCUT2D eigenvalue weighted by atomic mass is 16.3. The van der Waals surface area contributed by atoms with E-state index in [9.17, 15) is 9.90 Å². The first-order valence-corrected chi connectivity index (χ1v) is 8.29. The first kappa shape index (κ1) is 15.7. The summed E-state index contributed by atoms with van der Waals surface area (Å²) in [6, 6.07) is 5.73. The lowest BCUT2D eigenvalue weighted by molar-refractivity contribution is 0.0766. The summed E-state index contributed by atoms with van der Waals surface area (Å²) < 4.78 is 1.61. The summed E-state index contributed by atoms with van der Waals surface area (Å²) in [6.07, 6.45) is 6.94. The van der Waals surface area contributed by atoms with Gasteiger partial charge < -0.3 is 10.0 Å². The molecule has 4 heterocycles. The van der Waals surface area contributed by atoms with Crippen molar-refractivity contribution in [3.05, 3.63) is 59.8 Å². The van der Waals surface area contributed by atoms with Crippen LogP contribution >= 0.6 is 0 Å². The summed E-state index contributed by atoms with van der Waals surface area (Å²) >= 11 is 0. The van der Waals surface area contributed by atoms with Crippen molar-refractivity contribution >= 4 is 11.6 Å². The zero-order chi connectivity index (χ0) is 17.4. The van der Waals surface area contributed by atoms with Crippen LogP contribution in [0.15, 0.2) is 43.0 Å². The predicted molar refractivity (Wildman–Crippen MR) is 91.1 cm³/mol. The molecule has 1 N–H and O–H groups in total. The second kappa shape index (κ2) is 6.25. The number of pyridine rings is 1. The van der Waals surface area contributed by atoms with Crippen molar-refractivity contribution < 1.29 is 9.90 Å². The van der Waals surface area contributed by atoms with E-state index in [4.69, 9.17) is 0 Å². The molecule has 0 radical (unpaired) electrons. The van der Waals surface area contributed by atoms with Gasteiger partial charge in [0.2, 0.25) is 0 Å². The molecule has 1 amide bonds. The minimum absolute atomic E-state index is 0.0177. The summed E-state index contributed by atoms with van der Waals surface area (Å²) in [4.78, 5) is 23.2. The van der Waals surface area contributed by atoms with Crippen LogP contribution in [0.2, 0.25) is 0 Å². The first-order valence-electron chi connectivity index (χ1n) is 8.29. The number of aromatic nitrogens is 4. The summed E-state index contributed by atoms with van der Waals surface area (Å²) in [6.45, 7) is 2.74. The molecule has 0 aliphatic carbocycles. The Morgan fingerprint density at radius 3 is 2.96 bits per heavy atom. The van der Waals surface area contributed by atoms with Gasteiger partial charge in [0, 0.05) is 43.3 Å². The molecule has 1 aliphatic heterocycles. The average Bonchev–Trinajstić information content (AvgIpc) is 3.19. The number of fused-ring (bicyclic) bond motifs is 1. The summed E-state index contributed by atoms with van der Waals surface area (Å²) in [5.74, 6) is -0.162. The highest BCUT2D eigenvalue weighted by Gasteiger charge is 2.35. The molecule has 1 fully saturated rings. The average molecular weight is 337 g/mol. The third kappa shape index (κ3) is 2.98. The van der Waals surface area contributed by atoms with Crippen molar-refractivity contribution in [3.63, 3.8) is 0 Å². The third-order valence-corrected chi connectivity index (χ3v) is 4.61. The maximum absolute atomic E-state index is 12.9. The molecule has 128 valence electrons. The Morgan fingerprint density at radius 2 is 2.16 bits per heavy atom. The number of nitrogens with zero attached hydrogens (tertiary/aromatic N) is 5. The monoisotopic (exact) mass is 337 g/mol. The lowest BCUT2D eigenvalue weighted by atomic mass is 10.00. The van der Waals surface area contributed by atoms with Crippen LogP contribution in [-0.4, -0.2) is 54.7 Å². The Balaban J connectivity index is 1.53. The van der Waals surface area contributed by atoms with Gasteiger partial charge in [-0.3, -0.25) is 9.78 Å². The van der Waals surface area contributed by atoms with Gasteiger partial charge in [-0.25, -0.2) is 9.50 Å². The highest BCUT2D eigenvalue weighted by Crippen LogP contribution is 2.23. The Hall–Kier alpha value is -2.80. The number of likely N-dealkylation sites (tertiary alicyclic amines) is 1. The molecule has 2 atom stereocenters. The second-order valence-electron chi connectivity index (χ2n) is 6.52. The largest absolute Gasteiger partial charge is 0.391 e. The van der Waals surface area contributed by atoms with Gasteiger partial charge in [0.1, 0.15) is 5.56 Å². The molecule has 3 aromatic rings. The summed E-state index contributed by atoms with van der Waals surface area (Å²) in [5, 5.41) is 14.6. The van der Waals surface area contributed by atoms with Crippen molar-refractivity contribution in [1.82, 2.24) is 24.5 Å². The molecule has 0 bridgehead atoms. The number of carbonyl (C=O) groups is 1. The van der Waals surface area contributed by atoms with E-state index >= 15 is 0 Å². The van der Waals surface area contributed by atoms with Crippen LogP contribution in [-0.2, 0) is 6.42 Å². The molecule has 25 heavy (non-hydrogen) atoms. The minimum atomic E-state index is -0.553. The van der Waals surface area contributed by atoms with Gasteiger partial charge in [-0.2, -0.15) is 5.10 Å². The summed E-state index contributed by atoms with van der Waals surface area (Å²) in [5.41, 5.74) is 2.90. The number of aryl methyl sites for hydroxylation is 1. The number of hydrogen-bond donors (Lipinski definition) is 1. The molecule has 0 unspecified atom stereocenters. The molecular weight excluding hydrogens is 318 g/mol. The van der Waals surface area contributed by atoms with Gasteiger partial charge >= 0.3 is 0 Å². The normalized spacial score (nSPS) is 20.3. The van der Waals surface area contributed by atoms with E-state index in [0.29, 0.717) is 30.7 Å². The van der Waals surface area contributed by atoms with E-state index in [2.05, 4.69) is 15.1 Å². The molecule has 1 saturated heterocycles. The van der Waals surface area contributed by atoms with Crippen LogP contribution in [0.1, 0.15) is 21.6 Å². The smallest absolute Gasteiger partial charge is 0.259 e. The highest BCUT2D eigenvalue weighted by molar-refractivity contribution is 5.99. The Bertz CT molecular complexity index is 908. The van der Waals surface area contributed by atoms with Gasteiger partial charge in [0.15, 0.2) is 5.65 Å². The van der Waals surface area contributed by atoms with Gasteiger partial charge in [-0.15, -0.1) is 0 Å². The number of amides is 1. The standard InChI is InChI=1S/C18H19N5O2/c1-12-7-20-17-15(8-21-23(17)9-12)18(25)22-10-13(16(24)11-22)6-14-4-2-3-5-19-14/h2-5,7-9,13,16,24H,6,10-11H2,1H3/t13-,16-/m1/s1. The van der Waals surface area contributed by atoms with Gasteiger partial charge in [0.25, 0.3) is 5.91 Å². The predicted octanol–water partition coefficient (Wildman–Crippen LogP) is 1.11. The zero-order valence-corrected chi connectivity index (χ0v) is 13.9. The Kier molecular flexibility index (Phi) is 3.93. The fourth-order valence-electron chi connectivity index (χ4n) is 3.30. The molecule has 0 aromatic carbocycles. The Labute approximate surface area is 144 Å². The Morgan fingerprint density at radius 1 is 1.28 bits per heavy atom. The molecule has 1 aliphatic rings. The SMILES string of the molecule is Cc1cnc2c(C(=O)N3C[C@@H](Cc4ccccn4)[C@H](O)C3)cnn2c1. The van der Waals surface area contributed by atoms with Crippen LogP contribution in [0, 0.1) is 12.8 Å². The van der Waals surface area contributed by atoms with E-state index in [1.54, 1.807) is 28.0 Å². The van der Waals surface area contributed by atoms with E-state index in [1.807, 2.05) is 31.3 Å². The van der Waals surface area contributed by atoms with Crippen LogP contribution in [0.3, 0.4) is 0 Å². The maximum atomic E-state index is 12.9. The topological polar surface area (TPSA) is 83.6 Å². The van der Waals surface area contributed by atoms with E-state index in [0.717, 1.165) is 11.3 Å². The van der Waals surface area contributed by atoms with Crippen molar-refractivity contribution in [2.45, 2.75) is 19.4 Å². The van der Waals surface area contributed by atoms with Crippen LogP contribution in [0.5, 0.6) is 0 Å². The zero-order valence-electron chi connectivity index (χ0n) is 13.9. The molecule has 4 rings (SSSR count).